The summed E-state index contributed by atoms with van der Waals surface area (Å²) in [6, 6.07) is 5.83. The number of nitrogens with one attached hydrogen (secondary N) is 1. The van der Waals surface area contributed by atoms with Gasteiger partial charge in [0.1, 0.15) is 6.61 Å². The Morgan fingerprint density at radius 1 is 1.56 bits per heavy atom. The Morgan fingerprint density at radius 2 is 2.44 bits per heavy atom. The lowest BCUT2D eigenvalue weighted by atomic mass is 10.0. The van der Waals surface area contributed by atoms with Crippen LogP contribution in [0.4, 0.5) is 5.69 Å². The van der Waals surface area contributed by atoms with Crippen LogP contribution in [0.2, 0.25) is 0 Å². The molecule has 16 heavy (non-hydrogen) atoms. The van der Waals surface area contributed by atoms with Crippen molar-refractivity contribution in [3.63, 3.8) is 0 Å². The minimum atomic E-state index is -0.126. The average molecular weight is 218 g/mol. The van der Waals surface area contributed by atoms with E-state index < -0.39 is 0 Å². The third kappa shape index (κ3) is 2.28. The number of methoxy groups -OCH3 is 1. The maximum Gasteiger partial charge on any atom is 0.250 e. The molecule has 0 radical (unpaired) electrons. The fraction of sp³-hybridized carbons (Fsp3) is 0.333. The van der Waals surface area contributed by atoms with Crippen molar-refractivity contribution < 1.29 is 9.53 Å². The molecule has 1 heterocycles. The molecule has 1 aliphatic heterocycles. The van der Waals surface area contributed by atoms with Crippen molar-refractivity contribution >= 4 is 17.8 Å². The fourth-order valence-corrected chi connectivity index (χ4v) is 1.78. The predicted molar refractivity (Wildman–Crippen MR) is 63.1 cm³/mol. The van der Waals surface area contributed by atoms with Crippen LogP contribution in [0.15, 0.2) is 23.2 Å². The molecule has 1 amide bonds. The SMILES string of the molecule is COCC(=O)Nc1cccc2c1CCN=C2. The Bertz CT molecular complexity index is 427. The van der Waals surface area contributed by atoms with Gasteiger partial charge in [-0.3, -0.25) is 9.79 Å². The second kappa shape index (κ2) is 4.90. The first-order valence-corrected chi connectivity index (χ1v) is 5.22. The quantitative estimate of drug-likeness (QED) is 0.830. The van der Waals surface area contributed by atoms with Gasteiger partial charge < -0.3 is 10.1 Å². The number of nitrogens with zero attached hydrogens (tertiary/aromatic N) is 1. The van der Waals surface area contributed by atoms with Crippen molar-refractivity contribution in [3.8, 4) is 0 Å². The van der Waals surface area contributed by atoms with Crippen molar-refractivity contribution in [1.29, 1.82) is 0 Å². The Hall–Kier alpha value is -1.68. The summed E-state index contributed by atoms with van der Waals surface area (Å²) in [5, 5.41) is 2.85. The van der Waals surface area contributed by atoms with Gasteiger partial charge >= 0.3 is 0 Å². The maximum atomic E-state index is 11.4. The van der Waals surface area contributed by atoms with Gasteiger partial charge in [-0.1, -0.05) is 12.1 Å². The van der Waals surface area contributed by atoms with Crippen molar-refractivity contribution in [2.24, 2.45) is 4.99 Å². The van der Waals surface area contributed by atoms with E-state index in [0.29, 0.717) is 0 Å². The fourth-order valence-electron chi connectivity index (χ4n) is 1.78. The smallest absolute Gasteiger partial charge is 0.250 e. The van der Waals surface area contributed by atoms with E-state index in [1.165, 1.54) is 7.11 Å². The van der Waals surface area contributed by atoms with Crippen LogP contribution in [-0.2, 0) is 16.0 Å². The summed E-state index contributed by atoms with van der Waals surface area (Å²) < 4.78 is 4.78. The second-order valence-corrected chi connectivity index (χ2v) is 3.64. The maximum absolute atomic E-state index is 11.4. The number of hydrogen-bond acceptors (Lipinski definition) is 3. The molecule has 0 fully saturated rings. The van der Waals surface area contributed by atoms with Crippen LogP contribution in [0.5, 0.6) is 0 Å². The zero-order valence-corrected chi connectivity index (χ0v) is 9.19. The Kier molecular flexibility index (Phi) is 3.31. The molecule has 0 bridgehead atoms. The monoisotopic (exact) mass is 218 g/mol. The zero-order valence-electron chi connectivity index (χ0n) is 9.19. The van der Waals surface area contributed by atoms with Crippen molar-refractivity contribution in [2.45, 2.75) is 6.42 Å². The number of aliphatic imine (C=N–C) groups is 1. The van der Waals surface area contributed by atoms with Gasteiger partial charge in [-0.2, -0.15) is 0 Å². The van der Waals surface area contributed by atoms with Crippen LogP contribution in [0, 0.1) is 0 Å². The molecule has 1 aliphatic rings. The minimum absolute atomic E-state index is 0.0811. The summed E-state index contributed by atoms with van der Waals surface area (Å²) in [6.07, 6.45) is 2.72. The Morgan fingerprint density at radius 3 is 3.25 bits per heavy atom. The number of ether oxygens (including phenoxy) is 1. The standard InChI is InChI=1S/C12H14N2O2/c1-16-8-12(15)14-11-4-2-3-9-7-13-6-5-10(9)11/h2-4,7H,5-6,8H2,1H3,(H,14,15). The summed E-state index contributed by atoms with van der Waals surface area (Å²) >= 11 is 0. The molecule has 0 unspecified atom stereocenters. The second-order valence-electron chi connectivity index (χ2n) is 3.64. The van der Waals surface area contributed by atoms with E-state index in [4.69, 9.17) is 4.74 Å². The molecule has 1 N–H and O–H groups in total. The predicted octanol–water partition coefficient (Wildman–Crippen LogP) is 1.25. The topological polar surface area (TPSA) is 50.7 Å². The summed E-state index contributed by atoms with van der Waals surface area (Å²) in [4.78, 5) is 15.6. The van der Waals surface area contributed by atoms with E-state index in [1.54, 1.807) is 0 Å². The molecule has 0 saturated carbocycles. The highest BCUT2D eigenvalue weighted by molar-refractivity contribution is 5.95. The number of fused-ring (bicyclic) bond motifs is 1. The van der Waals surface area contributed by atoms with Crippen molar-refractivity contribution in [2.75, 3.05) is 25.6 Å². The first-order valence-electron chi connectivity index (χ1n) is 5.22. The van der Waals surface area contributed by atoms with Gasteiger partial charge in [-0.05, 0) is 23.6 Å². The molecular weight excluding hydrogens is 204 g/mol. The number of carbonyl (C=O) groups is 1. The highest BCUT2D eigenvalue weighted by Gasteiger charge is 2.11. The van der Waals surface area contributed by atoms with Gasteiger partial charge in [0, 0.05) is 25.6 Å². The molecule has 0 aromatic heterocycles. The van der Waals surface area contributed by atoms with Crippen LogP contribution in [-0.4, -0.2) is 32.4 Å². The number of hydrogen-bond donors (Lipinski definition) is 1. The normalized spacial score (nSPS) is 13.3. The molecular formula is C12H14N2O2. The summed E-state index contributed by atoms with van der Waals surface area (Å²) in [6.45, 7) is 0.863. The van der Waals surface area contributed by atoms with Crippen LogP contribution >= 0.6 is 0 Å². The third-order valence-corrected chi connectivity index (χ3v) is 2.48. The van der Waals surface area contributed by atoms with Gasteiger partial charge in [0.25, 0.3) is 0 Å². The van der Waals surface area contributed by atoms with E-state index in [-0.39, 0.29) is 12.5 Å². The van der Waals surface area contributed by atoms with E-state index >= 15 is 0 Å². The van der Waals surface area contributed by atoms with Crippen LogP contribution in [0.25, 0.3) is 0 Å². The molecule has 0 aliphatic carbocycles. The lowest BCUT2D eigenvalue weighted by Gasteiger charge is -2.15. The van der Waals surface area contributed by atoms with E-state index in [9.17, 15) is 4.79 Å². The van der Waals surface area contributed by atoms with Gasteiger partial charge in [0.2, 0.25) is 5.91 Å². The van der Waals surface area contributed by atoms with Crippen LogP contribution in [0.1, 0.15) is 11.1 Å². The lowest BCUT2D eigenvalue weighted by molar-refractivity contribution is -0.119. The van der Waals surface area contributed by atoms with E-state index in [2.05, 4.69) is 10.3 Å². The number of benzene rings is 1. The number of amides is 1. The highest BCUT2D eigenvalue weighted by Crippen LogP contribution is 2.21. The van der Waals surface area contributed by atoms with Gasteiger partial charge in [0.15, 0.2) is 0 Å². The molecule has 0 atom stereocenters. The number of carbonyl (C=O) groups excluding carboxylic acids is 1. The van der Waals surface area contributed by atoms with Crippen LogP contribution < -0.4 is 5.32 Å². The summed E-state index contributed by atoms with van der Waals surface area (Å²) in [5.41, 5.74) is 3.11. The Balaban J connectivity index is 2.21. The summed E-state index contributed by atoms with van der Waals surface area (Å²) in [5.74, 6) is -0.126. The highest BCUT2D eigenvalue weighted by atomic mass is 16.5. The molecule has 1 aromatic carbocycles. The van der Waals surface area contributed by atoms with E-state index in [1.807, 2.05) is 24.4 Å². The molecule has 4 heteroatoms. The van der Waals surface area contributed by atoms with Crippen LogP contribution in [0.3, 0.4) is 0 Å². The van der Waals surface area contributed by atoms with Gasteiger partial charge in [-0.15, -0.1) is 0 Å². The first kappa shape index (κ1) is 10.8. The molecule has 0 saturated heterocycles. The zero-order chi connectivity index (χ0) is 11.4. The summed E-state index contributed by atoms with van der Waals surface area (Å²) in [7, 11) is 1.51. The molecule has 4 nitrogen and oxygen atoms in total. The molecule has 1 aromatic rings. The minimum Gasteiger partial charge on any atom is -0.375 e. The average Bonchev–Trinajstić information content (AvgIpc) is 2.30. The van der Waals surface area contributed by atoms with Gasteiger partial charge in [0.05, 0.1) is 0 Å². The lowest BCUT2D eigenvalue weighted by Crippen LogP contribution is -2.19. The first-order chi connectivity index (χ1) is 7.81. The number of anilines is 1. The van der Waals surface area contributed by atoms with Gasteiger partial charge in [-0.25, -0.2) is 0 Å². The Labute approximate surface area is 94.3 Å². The van der Waals surface area contributed by atoms with Crippen molar-refractivity contribution in [1.82, 2.24) is 0 Å². The molecule has 2 rings (SSSR count). The van der Waals surface area contributed by atoms with Crippen molar-refractivity contribution in [3.05, 3.63) is 29.3 Å². The van der Waals surface area contributed by atoms with E-state index in [0.717, 1.165) is 29.8 Å². The largest absolute Gasteiger partial charge is 0.375 e. The third-order valence-electron chi connectivity index (χ3n) is 2.48. The molecule has 0 spiro atoms. The number of rotatable bonds is 3. The molecule has 84 valence electrons.